The molecule has 1 heterocycles. The molecule has 6 nitrogen and oxygen atoms in total. The lowest BCUT2D eigenvalue weighted by molar-refractivity contribution is 0.0981. The fourth-order valence-electron chi connectivity index (χ4n) is 2.20. The number of aromatic nitrogens is 2. The van der Waals surface area contributed by atoms with Gasteiger partial charge in [0.05, 0.1) is 11.4 Å². The monoisotopic (exact) mass is 419 g/mol. The molecule has 3 aromatic rings. The van der Waals surface area contributed by atoms with Crippen LogP contribution in [0.1, 0.15) is 15.9 Å². The molecule has 1 aromatic heterocycles. The van der Waals surface area contributed by atoms with Gasteiger partial charge in [0.2, 0.25) is 0 Å². The van der Waals surface area contributed by atoms with E-state index < -0.39 is 15.9 Å². The molecular weight excluding hydrogens is 406 g/mol. The zero-order valence-electron chi connectivity index (χ0n) is 13.0. The van der Waals surface area contributed by atoms with Crippen LogP contribution in [-0.2, 0) is 16.6 Å². The zero-order valence-corrected chi connectivity index (χ0v) is 15.4. The third-order valence-electron chi connectivity index (χ3n) is 3.47. The molecule has 0 saturated heterocycles. The van der Waals surface area contributed by atoms with Gasteiger partial charge in [-0.1, -0.05) is 28.1 Å². The van der Waals surface area contributed by atoms with Gasteiger partial charge in [-0.15, -0.1) is 0 Å². The second-order valence-corrected chi connectivity index (χ2v) is 7.89. The van der Waals surface area contributed by atoms with Gasteiger partial charge in [-0.2, -0.15) is 5.10 Å². The van der Waals surface area contributed by atoms with Crippen LogP contribution in [0.2, 0.25) is 0 Å². The van der Waals surface area contributed by atoms with E-state index in [1.165, 1.54) is 12.1 Å². The molecule has 8 heteroatoms. The van der Waals surface area contributed by atoms with Crippen molar-refractivity contribution in [2.75, 3.05) is 0 Å². The summed E-state index contributed by atoms with van der Waals surface area (Å²) in [5.41, 5.74) is 1.22. The van der Waals surface area contributed by atoms with Crippen molar-refractivity contribution < 1.29 is 13.2 Å². The average Bonchev–Trinajstić information content (AvgIpc) is 3.08. The molecule has 0 bridgehead atoms. The number of carbonyl (C=O) groups is 1. The number of amides is 1. The summed E-state index contributed by atoms with van der Waals surface area (Å²) >= 11 is 3.24. The number of carbonyl (C=O) groups excluding carboxylic acids is 1. The van der Waals surface area contributed by atoms with E-state index in [1.807, 2.05) is 12.3 Å². The van der Waals surface area contributed by atoms with Crippen molar-refractivity contribution in [1.82, 2.24) is 14.5 Å². The van der Waals surface area contributed by atoms with Crippen LogP contribution in [-0.4, -0.2) is 24.1 Å². The van der Waals surface area contributed by atoms with Crippen molar-refractivity contribution in [3.8, 4) is 0 Å². The number of sulfonamides is 1. The molecule has 0 unspecified atom stereocenters. The molecule has 0 saturated carbocycles. The molecule has 3 rings (SSSR count). The Morgan fingerprint density at radius 3 is 2.36 bits per heavy atom. The highest BCUT2D eigenvalue weighted by atomic mass is 79.9. The Morgan fingerprint density at radius 2 is 1.76 bits per heavy atom. The summed E-state index contributed by atoms with van der Waals surface area (Å²) in [5, 5.41) is 4.11. The maximum Gasteiger partial charge on any atom is 0.264 e. The molecule has 1 N–H and O–H groups in total. The van der Waals surface area contributed by atoms with Gasteiger partial charge in [0, 0.05) is 22.4 Å². The number of hydrogen-bond donors (Lipinski definition) is 1. The molecule has 25 heavy (non-hydrogen) atoms. The maximum atomic E-state index is 12.2. The third-order valence-corrected chi connectivity index (χ3v) is 5.35. The summed E-state index contributed by atoms with van der Waals surface area (Å²) in [4.78, 5) is 12.2. The summed E-state index contributed by atoms with van der Waals surface area (Å²) < 4.78 is 29.1. The van der Waals surface area contributed by atoms with E-state index >= 15 is 0 Å². The van der Waals surface area contributed by atoms with Crippen LogP contribution in [0.25, 0.3) is 0 Å². The summed E-state index contributed by atoms with van der Waals surface area (Å²) in [6.07, 6.45) is 3.53. The van der Waals surface area contributed by atoms with Crippen LogP contribution in [0.3, 0.4) is 0 Å². The molecule has 2 aromatic carbocycles. The highest BCUT2D eigenvalue weighted by Gasteiger charge is 2.18. The Morgan fingerprint density at radius 1 is 1.08 bits per heavy atom. The number of rotatable bonds is 5. The van der Waals surface area contributed by atoms with Gasteiger partial charge in [-0.3, -0.25) is 9.48 Å². The molecule has 0 aliphatic heterocycles. The van der Waals surface area contributed by atoms with Crippen LogP contribution in [0.5, 0.6) is 0 Å². The number of nitrogens with zero attached hydrogens (tertiary/aromatic N) is 2. The van der Waals surface area contributed by atoms with Gasteiger partial charge >= 0.3 is 0 Å². The number of hydrogen-bond acceptors (Lipinski definition) is 4. The fourth-order valence-corrected chi connectivity index (χ4v) is 3.43. The van der Waals surface area contributed by atoms with Gasteiger partial charge in [0.1, 0.15) is 0 Å². The molecule has 0 aliphatic carbocycles. The number of nitrogens with one attached hydrogen (secondary N) is 1. The van der Waals surface area contributed by atoms with E-state index in [1.54, 1.807) is 47.3 Å². The smallest absolute Gasteiger partial charge is 0.264 e. The Labute approximate surface area is 153 Å². The fraction of sp³-hybridized carbons (Fsp3) is 0.0588. The minimum absolute atomic E-state index is 0.0272. The maximum absolute atomic E-state index is 12.2. The van der Waals surface area contributed by atoms with Gasteiger partial charge in [-0.05, 0) is 48.0 Å². The highest BCUT2D eigenvalue weighted by Crippen LogP contribution is 2.15. The van der Waals surface area contributed by atoms with Gasteiger partial charge in [-0.25, -0.2) is 13.1 Å². The van der Waals surface area contributed by atoms with E-state index in [-0.39, 0.29) is 10.5 Å². The van der Waals surface area contributed by atoms with E-state index in [2.05, 4.69) is 25.8 Å². The lowest BCUT2D eigenvalue weighted by Gasteiger charge is -2.08. The van der Waals surface area contributed by atoms with Crippen LogP contribution >= 0.6 is 15.9 Å². The molecule has 0 radical (unpaired) electrons. The lowest BCUT2D eigenvalue weighted by atomic mass is 10.1. The first-order valence-corrected chi connectivity index (χ1v) is 9.61. The van der Waals surface area contributed by atoms with Gasteiger partial charge < -0.3 is 0 Å². The molecule has 1 amide bonds. The number of halogens is 1. The predicted molar refractivity (Wildman–Crippen MR) is 96.6 cm³/mol. The normalized spacial score (nSPS) is 11.2. The Kier molecular flexibility index (Phi) is 5.00. The molecular formula is C17H14BrN3O3S. The minimum atomic E-state index is -3.91. The van der Waals surface area contributed by atoms with Gasteiger partial charge in [0.15, 0.2) is 0 Å². The summed E-state index contributed by atoms with van der Waals surface area (Å²) in [5.74, 6) is -0.673. The second-order valence-electron chi connectivity index (χ2n) is 5.29. The first-order valence-electron chi connectivity index (χ1n) is 7.33. The van der Waals surface area contributed by atoms with Gasteiger partial charge in [0.25, 0.3) is 15.9 Å². The Bertz CT molecular complexity index is 967. The summed E-state index contributed by atoms with van der Waals surface area (Å²) in [6.45, 7) is 0.575. The molecule has 0 atom stereocenters. The average molecular weight is 420 g/mol. The molecule has 0 aliphatic rings. The molecule has 0 fully saturated rings. The first-order chi connectivity index (χ1) is 11.9. The topological polar surface area (TPSA) is 81.1 Å². The Hall–Kier alpha value is -2.45. The van der Waals surface area contributed by atoms with Crippen molar-refractivity contribution in [2.45, 2.75) is 11.4 Å². The van der Waals surface area contributed by atoms with Crippen LogP contribution < -0.4 is 4.72 Å². The van der Waals surface area contributed by atoms with Crippen LogP contribution in [0.4, 0.5) is 0 Å². The van der Waals surface area contributed by atoms with E-state index in [9.17, 15) is 13.2 Å². The summed E-state index contributed by atoms with van der Waals surface area (Å²) in [7, 11) is -3.91. The Balaban J connectivity index is 1.71. The first kappa shape index (κ1) is 17.4. The molecule has 128 valence electrons. The number of benzene rings is 2. The molecule has 0 spiro atoms. The highest BCUT2D eigenvalue weighted by molar-refractivity contribution is 9.10. The van der Waals surface area contributed by atoms with Crippen molar-refractivity contribution >= 4 is 31.9 Å². The second kappa shape index (κ2) is 7.20. The van der Waals surface area contributed by atoms with Crippen molar-refractivity contribution in [2.24, 2.45) is 0 Å². The van der Waals surface area contributed by atoms with E-state index in [0.29, 0.717) is 6.54 Å². The van der Waals surface area contributed by atoms with Crippen molar-refractivity contribution in [3.63, 3.8) is 0 Å². The van der Waals surface area contributed by atoms with E-state index in [4.69, 9.17) is 0 Å². The van der Waals surface area contributed by atoms with E-state index in [0.717, 1.165) is 10.0 Å². The standard InChI is InChI=1S/C17H14BrN3O3S/c18-15-6-8-16(9-7-15)25(23,24)20-17(22)14-4-2-13(3-5-14)12-21-11-1-10-19-21/h1-11H,12H2,(H,20,22). The van der Waals surface area contributed by atoms with Crippen molar-refractivity contribution in [1.29, 1.82) is 0 Å². The lowest BCUT2D eigenvalue weighted by Crippen LogP contribution is -2.30. The SMILES string of the molecule is O=C(NS(=O)(=O)c1ccc(Br)cc1)c1ccc(Cn2cccn2)cc1. The largest absolute Gasteiger partial charge is 0.268 e. The predicted octanol–water partition coefficient (Wildman–Crippen LogP) is 2.81. The van der Waals surface area contributed by atoms with Crippen LogP contribution in [0.15, 0.2) is 76.4 Å². The minimum Gasteiger partial charge on any atom is -0.268 e. The third kappa shape index (κ3) is 4.34. The zero-order chi connectivity index (χ0) is 17.9. The quantitative estimate of drug-likeness (QED) is 0.689. The van der Waals surface area contributed by atoms with Crippen molar-refractivity contribution in [3.05, 3.63) is 82.6 Å². The summed E-state index contributed by atoms with van der Waals surface area (Å²) in [6, 6.07) is 14.6. The van der Waals surface area contributed by atoms with Crippen LogP contribution in [0, 0.1) is 0 Å².